The largest absolute Gasteiger partial charge is 0.355 e. The van der Waals surface area contributed by atoms with Gasteiger partial charge in [0.05, 0.1) is 11.4 Å². The second kappa shape index (κ2) is 3.75. The van der Waals surface area contributed by atoms with Crippen LogP contribution in [0.15, 0.2) is 22.7 Å². The van der Waals surface area contributed by atoms with Crippen molar-refractivity contribution < 1.29 is 4.79 Å². The third kappa shape index (κ3) is 1.43. The molecule has 84 valence electrons. The molecule has 0 aromatic heterocycles. The monoisotopic (exact) mass is 281 g/mol. The van der Waals surface area contributed by atoms with Gasteiger partial charge in [0.15, 0.2) is 0 Å². The van der Waals surface area contributed by atoms with E-state index < -0.39 is 0 Å². The van der Waals surface area contributed by atoms with E-state index in [-0.39, 0.29) is 11.9 Å². The molecule has 0 bridgehead atoms. The van der Waals surface area contributed by atoms with Gasteiger partial charge < -0.3 is 15.5 Å². The van der Waals surface area contributed by atoms with Gasteiger partial charge in [0.25, 0.3) is 0 Å². The number of para-hydroxylation sites is 1. The summed E-state index contributed by atoms with van der Waals surface area (Å²) in [5, 5.41) is 6.20. The molecule has 1 amide bonds. The Bertz CT molecular complexity index is 449. The first-order valence-electron chi connectivity index (χ1n) is 5.34. The topological polar surface area (TPSA) is 44.4 Å². The SMILES string of the molecule is O=C1Nc2cccc(Br)c2N2CCNCC12. The molecule has 2 heterocycles. The van der Waals surface area contributed by atoms with Crippen LogP contribution in [0.3, 0.4) is 0 Å². The van der Waals surface area contributed by atoms with E-state index in [1.807, 2.05) is 18.2 Å². The van der Waals surface area contributed by atoms with E-state index in [0.29, 0.717) is 6.54 Å². The third-order valence-corrected chi connectivity index (χ3v) is 3.72. The summed E-state index contributed by atoms with van der Waals surface area (Å²) in [5.74, 6) is 0.0813. The Morgan fingerprint density at radius 3 is 3.19 bits per heavy atom. The van der Waals surface area contributed by atoms with Gasteiger partial charge in [-0.05, 0) is 28.1 Å². The van der Waals surface area contributed by atoms with Crippen molar-refractivity contribution in [3.63, 3.8) is 0 Å². The summed E-state index contributed by atoms with van der Waals surface area (Å²) in [6.45, 7) is 2.50. The highest BCUT2D eigenvalue weighted by atomic mass is 79.9. The number of carbonyl (C=O) groups excluding carboxylic acids is 1. The zero-order chi connectivity index (χ0) is 11.1. The number of carbonyl (C=O) groups is 1. The van der Waals surface area contributed by atoms with Gasteiger partial charge in [0, 0.05) is 24.1 Å². The Balaban J connectivity index is 2.11. The lowest BCUT2D eigenvalue weighted by atomic mass is 10.1. The standard InChI is InChI=1S/C11H12BrN3O/c12-7-2-1-3-8-10(7)15-5-4-13-6-9(15)11(16)14-8/h1-3,9,13H,4-6H2,(H,14,16). The van der Waals surface area contributed by atoms with Crippen molar-refractivity contribution in [2.75, 3.05) is 29.9 Å². The molecule has 0 radical (unpaired) electrons. The Hall–Kier alpha value is -1.07. The van der Waals surface area contributed by atoms with Crippen molar-refractivity contribution in [2.24, 2.45) is 0 Å². The molecule has 2 aliphatic heterocycles. The van der Waals surface area contributed by atoms with E-state index in [4.69, 9.17) is 0 Å². The summed E-state index contributed by atoms with van der Waals surface area (Å²) in [4.78, 5) is 14.1. The van der Waals surface area contributed by atoms with Crippen LogP contribution in [0.4, 0.5) is 11.4 Å². The average Bonchev–Trinajstić information content (AvgIpc) is 2.29. The number of fused-ring (bicyclic) bond motifs is 3. The van der Waals surface area contributed by atoms with Crippen LogP contribution in [-0.4, -0.2) is 31.6 Å². The number of nitrogens with one attached hydrogen (secondary N) is 2. The molecule has 1 atom stereocenters. The van der Waals surface area contributed by atoms with Crippen molar-refractivity contribution >= 4 is 33.2 Å². The lowest BCUT2D eigenvalue weighted by molar-refractivity contribution is -0.117. The summed E-state index contributed by atoms with van der Waals surface area (Å²) in [6.07, 6.45) is 0. The summed E-state index contributed by atoms with van der Waals surface area (Å²) < 4.78 is 1.04. The fourth-order valence-electron chi connectivity index (χ4n) is 2.33. The average molecular weight is 282 g/mol. The van der Waals surface area contributed by atoms with Crippen molar-refractivity contribution in [3.8, 4) is 0 Å². The molecule has 1 aromatic rings. The van der Waals surface area contributed by atoms with Gasteiger partial charge in [-0.1, -0.05) is 6.07 Å². The number of hydrogen-bond acceptors (Lipinski definition) is 3. The maximum atomic E-state index is 11.9. The second-order valence-corrected chi connectivity index (χ2v) is 4.89. The normalized spacial score (nSPS) is 23.4. The lowest BCUT2D eigenvalue weighted by Gasteiger charge is -2.41. The number of halogens is 1. The fraction of sp³-hybridized carbons (Fsp3) is 0.364. The fourth-order valence-corrected chi connectivity index (χ4v) is 2.92. The number of anilines is 2. The maximum Gasteiger partial charge on any atom is 0.248 e. The Morgan fingerprint density at radius 1 is 1.44 bits per heavy atom. The molecule has 1 aromatic carbocycles. The Kier molecular flexibility index (Phi) is 2.37. The highest BCUT2D eigenvalue weighted by molar-refractivity contribution is 9.10. The minimum Gasteiger partial charge on any atom is -0.355 e. The van der Waals surface area contributed by atoms with E-state index in [9.17, 15) is 4.79 Å². The molecule has 5 heteroatoms. The number of piperazine rings is 1. The van der Waals surface area contributed by atoms with Gasteiger partial charge in [-0.3, -0.25) is 4.79 Å². The molecular weight excluding hydrogens is 270 g/mol. The van der Waals surface area contributed by atoms with Crippen LogP contribution in [0.5, 0.6) is 0 Å². The highest BCUT2D eigenvalue weighted by Gasteiger charge is 2.35. The molecule has 3 rings (SSSR count). The number of nitrogens with zero attached hydrogens (tertiary/aromatic N) is 1. The van der Waals surface area contributed by atoms with Crippen molar-refractivity contribution in [3.05, 3.63) is 22.7 Å². The summed E-state index contributed by atoms with van der Waals surface area (Å²) >= 11 is 3.55. The number of rotatable bonds is 0. The van der Waals surface area contributed by atoms with E-state index in [2.05, 4.69) is 31.5 Å². The first kappa shape index (κ1) is 10.1. The Morgan fingerprint density at radius 2 is 2.31 bits per heavy atom. The van der Waals surface area contributed by atoms with E-state index >= 15 is 0 Å². The highest BCUT2D eigenvalue weighted by Crippen LogP contribution is 2.38. The van der Waals surface area contributed by atoms with Crippen LogP contribution >= 0.6 is 15.9 Å². The van der Waals surface area contributed by atoms with Crippen LogP contribution in [0.2, 0.25) is 0 Å². The lowest BCUT2D eigenvalue weighted by Crippen LogP contribution is -2.59. The van der Waals surface area contributed by atoms with Gasteiger partial charge in [-0.15, -0.1) is 0 Å². The van der Waals surface area contributed by atoms with Gasteiger partial charge in [-0.2, -0.15) is 0 Å². The van der Waals surface area contributed by atoms with Crippen LogP contribution in [0.25, 0.3) is 0 Å². The molecule has 2 aliphatic rings. The maximum absolute atomic E-state index is 11.9. The minimum absolute atomic E-state index is 0.0813. The molecule has 0 saturated carbocycles. The zero-order valence-electron chi connectivity index (χ0n) is 8.66. The smallest absolute Gasteiger partial charge is 0.248 e. The van der Waals surface area contributed by atoms with Crippen LogP contribution in [0.1, 0.15) is 0 Å². The van der Waals surface area contributed by atoms with E-state index in [0.717, 1.165) is 28.9 Å². The van der Waals surface area contributed by atoms with Crippen LogP contribution in [0, 0.1) is 0 Å². The van der Waals surface area contributed by atoms with Crippen LogP contribution < -0.4 is 15.5 Å². The van der Waals surface area contributed by atoms with E-state index in [1.54, 1.807) is 0 Å². The summed E-state index contributed by atoms with van der Waals surface area (Å²) in [5.41, 5.74) is 2.01. The minimum atomic E-state index is -0.0834. The molecule has 1 fully saturated rings. The van der Waals surface area contributed by atoms with Crippen molar-refractivity contribution in [1.29, 1.82) is 0 Å². The second-order valence-electron chi connectivity index (χ2n) is 4.04. The molecular formula is C11H12BrN3O. The molecule has 1 unspecified atom stereocenters. The first-order chi connectivity index (χ1) is 7.77. The Labute approximate surface area is 102 Å². The molecule has 1 saturated heterocycles. The predicted molar refractivity (Wildman–Crippen MR) is 66.8 cm³/mol. The molecule has 16 heavy (non-hydrogen) atoms. The number of amides is 1. The van der Waals surface area contributed by atoms with Gasteiger partial charge >= 0.3 is 0 Å². The third-order valence-electron chi connectivity index (χ3n) is 3.08. The molecule has 2 N–H and O–H groups in total. The molecule has 0 aliphatic carbocycles. The van der Waals surface area contributed by atoms with Crippen molar-refractivity contribution in [1.82, 2.24) is 5.32 Å². The quantitative estimate of drug-likeness (QED) is 0.751. The van der Waals surface area contributed by atoms with E-state index in [1.165, 1.54) is 0 Å². The zero-order valence-corrected chi connectivity index (χ0v) is 10.3. The number of benzene rings is 1. The summed E-state index contributed by atoms with van der Waals surface area (Å²) in [6, 6.07) is 5.80. The first-order valence-corrected chi connectivity index (χ1v) is 6.13. The summed E-state index contributed by atoms with van der Waals surface area (Å²) in [7, 11) is 0. The van der Waals surface area contributed by atoms with Gasteiger partial charge in [-0.25, -0.2) is 0 Å². The van der Waals surface area contributed by atoms with Gasteiger partial charge in [0.1, 0.15) is 6.04 Å². The predicted octanol–water partition coefficient (Wildman–Crippen LogP) is 1.18. The molecule has 4 nitrogen and oxygen atoms in total. The number of hydrogen-bond donors (Lipinski definition) is 2. The van der Waals surface area contributed by atoms with Gasteiger partial charge in [0.2, 0.25) is 5.91 Å². The van der Waals surface area contributed by atoms with Crippen LogP contribution in [-0.2, 0) is 4.79 Å². The van der Waals surface area contributed by atoms with Crippen molar-refractivity contribution in [2.45, 2.75) is 6.04 Å². The molecule has 0 spiro atoms.